The minimum atomic E-state index is -0.730. The number of anilines is 1. The Hall–Kier alpha value is -2.62. The Morgan fingerprint density at radius 2 is 2.00 bits per heavy atom. The van der Waals surface area contributed by atoms with Crippen LogP contribution >= 0.6 is 11.3 Å². The Morgan fingerprint density at radius 3 is 2.76 bits per heavy atom. The second-order valence-corrected chi connectivity index (χ2v) is 9.34. The van der Waals surface area contributed by atoms with Gasteiger partial charge in [-0.15, -0.1) is 11.3 Å². The molecule has 1 aromatic heterocycles. The van der Waals surface area contributed by atoms with Gasteiger partial charge in [-0.3, -0.25) is 4.79 Å². The Kier molecular flexibility index (Phi) is 8.20. The number of hydrogen-bond donors (Lipinski definition) is 3. The monoisotopic (exact) mass is 472 g/mol. The van der Waals surface area contributed by atoms with Gasteiger partial charge in [0.25, 0.3) is 0 Å². The number of ether oxygens (including phenoxy) is 2. The predicted octanol–water partition coefficient (Wildman–Crippen LogP) is 3.32. The van der Waals surface area contributed by atoms with Crippen LogP contribution < -0.4 is 20.1 Å². The number of benzene rings is 1. The van der Waals surface area contributed by atoms with Crippen molar-refractivity contribution in [1.82, 2.24) is 15.2 Å². The lowest BCUT2D eigenvalue weighted by Gasteiger charge is -2.31. The van der Waals surface area contributed by atoms with Crippen LogP contribution in [-0.4, -0.2) is 59.8 Å². The summed E-state index contributed by atoms with van der Waals surface area (Å²) >= 11 is 1.40. The van der Waals surface area contributed by atoms with Crippen LogP contribution in [0.4, 0.5) is 5.13 Å². The van der Waals surface area contributed by atoms with Gasteiger partial charge in [0.05, 0.1) is 6.04 Å². The molecular weight excluding hydrogens is 440 g/mol. The normalized spacial score (nSPS) is 17.4. The number of carbonyl (C=O) groups excluding carboxylic acids is 1. The summed E-state index contributed by atoms with van der Waals surface area (Å²) in [5.74, 6) is 1.33. The number of hydrogen-bond acceptors (Lipinski definition) is 8. The number of rotatable bonds is 11. The van der Waals surface area contributed by atoms with Gasteiger partial charge in [0.15, 0.2) is 16.6 Å². The molecule has 9 heteroatoms. The van der Waals surface area contributed by atoms with Gasteiger partial charge in [-0.1, -0.05) is 12.6 Å². The van der Waals surface area contributed by atoms with Crippen LogP contribution in [0.15, 0.2) is 42.1 Å². The van der Waals surface area contributed by atoms with E-state index in [9.17, 15) is 9.90 Å². The molecular formula is C24H32N4O4S. The van der Waals surface area contributed by atoms with E-state index in [0.29, 0.717) is 49.1 Å². The molecule has 2 aliphatic heterocycles. The first-order valence-corrected chi connectivity index (χ1v) is 12.4. The number of aliphatic hydroxyl groups is 1. The molecule has 2 atom stereocenters. The maximum atomic E-state index is 12.1. The molecule has 1 amide bonds. The summed E-state index contributed by atoms with van der Waals surface area (Å²) < 4.78 is 11.3. The standard InChI is InChI=1S/C24H32N4O4S/c1-17(5-4-6-22(29)27-24-25-9-14-33-24)26-19(16-28-10-2-3-11-28)23(30)18-7-8-20-21(15-18)32-13-12-31-20/h7-9,14-15,19,23,26,30H,1-6,10-13,16H2,(H,25,27,29)/t19-,23-/m1/s1. The number of aromatic nitrogens is 1. The second kappa shape index (κ2) is 11.5. The molecule has 3 N–H and O–H groups in total. The summed E-state index contributed by atoms with van der Waals surface area (Å²) in [5, 5.41) is 19.9. The molecule has 3 heterocycles. The van der Waals surface area contributed by atoms with Gasteiger partial charge in [-0.05, 0) is 56.5 Å². The molecule has 0 saturated carbocycles. The molecule has 0 radical (unpaired) electrons. The van der Waals surface area contributed by atoms with Crippen molar-refractivity contribution >= 4 is 22.4 Å². The molecule has 1 fully saturated rings. The summed E-state index contributed by atoms with van der Waals surface area (Å²) in [5.41, 5.74) is 1.60. The van der Waals surface area contributed by atoms with Crippen LogP contribution in [0, 0.1) is 0 Å². The molecule has 1 aromatic carbocycles. The molecule has 0 aliphatic carbocycles. The largest absolute Gasteiger partial charge is 0.486 e. The van der Waals surface area contributed by atoms with Crippen LogP contribution in [0.1, 0.15) is 43.8 Å². The summed E-state index contributed by atoms with van der Waals surface area (Å²) in [4.78, 5) is 18.5. The molecule has 4 rings (SSSR count). The fourth-order valence-electron chi connectivity index (χ4n) is 4.21. The minimum Gasteiger partial charge on any atom is -0.486 e. The summed E-state index contributed by atoms with van der Waals surface area (Å²) in [6.07, 6.45) is 5.01. The van der Waals surface area contributed by atoms with Gasteiger partial charge in [0, 0.05) is 30.2 Å². The zero-order valence-corrected chi connectivity index (χ0v) is 19.6. The molecule has 0 unspecified atom stereocenters. The van der Waals surface area contributed by atoms with Crippen molar-refractivity contribution in [3.05, 3.63) is 47.6 Å². The first kappa shape index (κ1) is 23.5. The lowest BCUT2D eigenvalue weighted by atomic mass is 10.00. The summed E-state index contributed by atoms with van der Waals surface area (Å²) in [6.45, 7) is 8.00. The van der Waals surface area contributed by atoms with Gasteiger partial charge in [0.2, 0.25) is 5.91 Å². The van der Waals surface area contributed by atoms with Crippen LogP contribution in [0.2, 0.25) is 0 Å². The highest BCUT2D eigenvalue weighted by atomic mass is 32.1. The van der Waals surface area contributed by atoms with E-state index in [-0.39, 0.29) is 11.9 Å². The number of nitrogens with one attached hydrogen (secondary N) is 2. The number of nitrogens with zero attached hydrogens (tertiary/aromatic N) is 2. The smallest absolute Gasteiger partial charge is 0.226 e. The number of fused-ring (bicyclic) bond motifs is 1. The molecule has 0 spiro atoms. The zero-order chi connectivity index (χ0) is 23.0. The number of aliphatic hydroxyl groups excluding tert-OH is 1. The van der Waals surface area contributed by atoms with E-state index >= 15 is 0 Å². The highest BCUT2D eigenvalue weighted by Gasteiger charge is 2.26. The van der Waals surface area contributed by atoms with Gasteiger partial charge in [-0.25, -0.2) is 4.98 Å². The van der Waals surface area contributed by atoms with Gasteiger partial charge in [0.1, 0.15) is 19.3 Å². The van der Waals surface area contributed by atoms with E-state index in [1.807, 2.05) is 23.6 Å². The SMILES string of the molecule is C=C(CCCC(=O)Nc1nccs1)N[C@H](CN1CCCC1)[C@H](O)c1ccc2c(c1)OCCO2. The van der Waals surface area contributed by atoms with Crippen molar-refractivity contribution in [2.24, 2.45) is 0 Å². The molecule has 33 heavy (non-hydrogen) atoms. The number of amides is 1. The van der Waals surface area contributed by atoms with E-state index in [1.54, 1.807) is 6.20 Å². The van der Waals surface area contributed by atoms with Crippen molar-refractivity contribution in [2.45, 2.75) is 44.2 Å². The Labute approximate surface area is 198 Å². The number of thiazole rings is 1. The quantitative estimate of drug-likeness (QED) is 0.462. The van der Waals surface area contributed by atoms with Crippen molar-refractivity contribution in [1.29, 1.82) is 0 Å². The van der Waals surface area contributed by atoms with Crippen LogP contribution in [-0.2, 0) is 4.79 Å². The first-order valence-electron chi connectivity index (χ1n) is 11.5. The molecule has 1 saturated heterocycles. The van der Waals surface area contributed by atoms with Crippen LogP contribution in [0.25, 0.3) is 0 Å². The van der Waals surface area contributed by atoms with Crippen molar-refractivity contribution < 1.29 is 19.4 Å². The molecule has 0 bridgehead atoms. The highest BCUT2D eigenvalue weighted by Crippen LogP contribution is 2.33. The Balaban J connectivity index is 1.33. The third kappa shape index (κ3) is 6.69. The lowest BCUT2D eigenvalue weighted by Crippen LogP contribution is -2.43. The average Bonchev–Trinajstić information content (AvgIpc) is 3.52. The van der Waals surface area contributed by atoms with Crippen molar-refractivity contribution in [3.63, 3.8) is 0 Å². The van der Waals surface area contributed by atoms with Gasteiger partial charge < -0.3 is 30.1 Å². The van der Waals surface area contributed by atoms with E-state index in [2.05, 4.69) is 27.1 Å². The Morgan fingerprint density at radius 1 is 1.21 bits per heavy atom. The third-order valence-electron chi connectivity index (χ3n) is 5.89. The zero-order valence-electron chi connectivity index (χ0n) is 18.8. The van der Waals surface area contributed by atoms with E-state index < -0.39 is 6.10 Å². The molecule has 178 valence electrons. The third-order valence-corrected chi connectivity index (χ3v) is 6.58. The maximum Gasteiger partial charge on any atom is 0.226 e. The average molecular weight is 473 g/mol. The van der Waals surface area contributed by atoms with Crippen molar-refractivity contribution in [2.75, 3.05) is 38.2 Å². The van der Waals surface area contributed by atoms with E-state index in [4.69, 9.17) is 9.47 Å². The van der Waals surface area contributed by atoms with E-state index in [1.165, 1.54) is 24.2 Å². The fourth-order valence-corrected chi connectivity index (χ4v) is 4.75. The second-order valence-electron chi connectivity index (χ2n) is 8.45. The number of carbonyl (C=O) groups is 1. The predicted molar refractivity (Wildman–Crippen MR) is 129 cm³/mol. The summed E-state index contributed by atoms with van der Waals surface area (Å²) in [6, 6.07) is 5.39. The van der Waals surface area contributed by atoms with Crippen LogP contribution in [0.3, 0.4) is 0 Å². The fraction of sp³-hybridized carbons (Fsp3) is 0.500. The molecule has 2 aromatic rings. The van der Waals surface area contributed by atoms with Gasteiger partial charge in [-0.2, -0.15) is 0 Å². The summed E-state index contributed by atoms with van der Waals surface area (Å²) in [7, 11) is 0. The number of allylic oxidation sites excluding steroid dienone is 1. The first-order chi connectivity index (χ1) is 16.1. The topological polar surface area (TPSA) is 96.0 Å². The van der Waals surface area contributed by atoms with E-state index in [0.717, 1.165) is 30.9 Å². The van der Waals surface area contributed by atoms with Crippen LogP contribution in [0.5, 0.6) is 11.5 Å². The maximum absolute atomic E-state index is 12.1. The Bertz CT molecular complexity index is 931. The molecule has 2 aliphatic rings. The minimum absolute atomic E-state index is 0.0531. The van der Waals surface area contributed by atoms with Crippen molar-refractivity contribution in [3.8, 4) is 11.5 Å². The highest BCUT2D eigenvalue weighted by molar-refractivity contribution is 7.13. The lowest BCUT2D eigenvalue weighted by molar-refractivity contribution is -0.116. The number of likely N-dealkylation sites (tertiary alicyclic amines) is 1. The molecule has 8 nitrogen and oxygen atoms in total. The van der Waals surface area contributed by atoms with Gasteiger partial charge >= 0.3 is 0 Å².